The van der Waals surface area contributed by atoms with Gasteiger partial charge in [-0.2, -0.15) is 0 Å². The van der Waals surface area contributed by atoms with Crippen LogP contribution in [0.5, 0.6) is 0 Å². The van der Waals surface area contributed by atoms with Crippen LogP contribution in [0, 0.1) is 0 Å². The van der Waals surface area contributed by atoms with E-state index in [0.717, 1.165) is 77.0 Å². The van der Waals surface area contributed by atoms with Crippen molar-refractivity contribution in [3.8, 4) is 0 Å². The number of unbranched alkanes of at least 4 members (excludes halogenated alkanes) is 6. The van der Waals surface area contributed by atoms with Gasteiger partial charge in [0.25, 0.3) is 0 Å². The minimum atomic E-state index is -1.16. The second-order valence-electron chi connectivity index (χ2n) is 12.7. The third kappa shape index (κ3) is 15.4. The van der Waals surface area contributed by atoms with Gasteiger partial charge in [-0.15, -0.1) is 0 Å². The largest absolute Gasteiger partial charge is 0.379 e. The second-order valence-corrected chi connectivity index (χ2v) is 12.7. The summed E-state index contributed by atoms with van der Waals surface area (Å²) in [4.78, 5) is 0. The molecular formula is C36H70O10. The van der Waals surface area contributed by atoms with Crippen LogP contribution in [-0.2, 0) is 42.6 Å². The molecule has 2 fully saturated rings. The first-order valence-electron chi connectivity index (χ1n) is 18.8. The summed E-state index contributed by atoms with van der Waals surface area (Å²) < 4.78 is 57.4. The van der Waals surface area contributed by atoms with Crippen LogP contribution in [-0.4, -0.2) is 113 Å². The standard InChI is InChI=1S/C36H70O10/c1-7-13-19-38-26-29-32(41-22-16-10-4)28(40-21-15-9-3)25-31(44-29)46-33-30(27-39-20-14-8-2)45-36(37)35(43-24-18-12-6)34(33)42-23-17-11-5/h28-37H,7-27H2,1-6H3/t28-,29?,30?,31+,32+,33-,34+,35?,36+/m1/s1. The average Bonchev–Trinajstić information content (AvgIpc) is 3.05. The Hall–Kier alpha value is -0.400. The highest BCUT2D eigenvalue weighted by Crippen LogP contribution is 2.33. The van der Waals surface area contributed by atoms with Crippen LogP contribution < -0.4 is 0 Å². The molecule has 2 saturated heterocycles. The molecule has 1 N–H and O–H groups in total. The van der Waals surface area contributed by atoms with E-state index in [0.29, 0.717) is 52.7 Å². The minimum Gasteiger partial charge on any atom is -0.379 e. The first-order chi connectivity index (χ1) is 22.5. The van der Waals surface area contributed by atoms with Crippen molar-refractivity contribution in [1.82, 2.24) is 0 Å². The van der Waals surface area contributed by atoms with Crippen LogP contribution in [0.2, 0.25) is 0 Å². The maximum Gasteiger partial charge on any atom is 0.184 e. The summed E-state index contributed by atoms with van der Waals surface area (Å²) >= 11 is 0. The Morgan fingerprint density at radius 3 is 1.46 bits per heavy atom. The molecule has 10 nitrogen and oxygen atoms in total. The molecule has 0 bridgehead atoms. The molecule has 2 rings (SSSR count). The Bertz CT molecular complexity index is 700. The SMILES string of the molecule is CCCCOCC1O[C@H](O)C(OCCCC)[C@@H](OCCCC)[C@@H]1O[C@H]1C[C@@H](OCCCC)[C@H](OCCCC)C(COCCCC)O1. The van der Waals surface area contributed by atoms with E-state index in [-0.39, 0.29) is 24.9 Å². The zero-order valence-corrected chi connectivity index (χ0v) is 30.2. The lowest BCUT2D eigenvalue weighted by Gasteiger charge is -2.47. The van der Waals surface area contributed by atoms with Crippen LogP contribution in [0.25, 0.3) is 0 Å². The van der Waals surface area contributed by atoms with Crippen molar-refractivity contribution in [3.05, 3.63) is 0 Å². The van der Waals surface area contributed by atoms with Gasteiger partial charge >= 0.3 is 0 Å². The van der Waals surface area contributed by atoms with Crippen LogP contribution in [0.15, 0.2) is 0 Å². The topological polar surface area (TPSA) is 103 Å². The average molecular weight is 663 g/mol. The lowest BCUT2D eigenvalue weighted by molar-refractivity contribution is -0.349. The lowest BCUT2D eigenvalue weighted by atomic mass is 9.97. The predicted molar refractivity (Wildman–Crippen MR) is 179 cm³/mol. The normalized spacial score (nSPS) is 30.2. The van der Waals surface area contributed by atoms with Crippen molar-refractivity contribution in [3.63, 3.8) is 0 Å². The van der Waals surface area contributed by atoms with Gasteiger partial charge in [-0.3, -0.25) is 0 Å². The molecule has 0 radical (unpaired) electrons. The van der Waals surface area contributed by atoms with Crippen molar-refractivity contribution in [2.45, 2.75) is 180 Å². The van der Waals surface area contributed by atoms with E-state index in [4.69, 9.17) is 42.6 Å². The third-order valence-electron chi connectivity index (χ3n) is 8.51. The first-order valence-corrected chi connectivity index (χ1v) is 18.8. The molecule has 0 aromatic heterocycles. The van der Waals surface area contributed by atoms with Crippen molar-refractivity contribution >= 4 is 0 Å². The molecule has 0 aromatic carbocycles. The van der Waals surface area contributed by atoms with Crippen molar-refractivity contribution in [2.75, 3.05) is 52.9 Å². The molecule has 0 amide bonds. The molecule has 3 unspecified atom stereocenters. The van der Waals surface area contributed by atoms with Gasteiger partial charge in [0, 0.05) is 46.1 Å². The van der Waals surface area contributed by atoms with E-state index < -0.39 is 37.0 Å². The van der Waals surface area contributed by atoms with E-state index in [9.17, 15) is 5.11 Å². The Balaban J connectivity index is 2.35. The number of aliphatic hydroxyl groups is 1. The fourth-order valence-electron chi connectivity index (χ4n) is 5.59. The smallest absolute Gasteiger partial charge is 0.184 e. The minimum absolute atomic E-state index is 0.215. The molecule has 46 heavy (non-hydrogen) atoms. The van der Waals surface area contributed by atoms with Crippen LogP contribution >= 0.6 is 0 Å². The van der Waals surface area contributed by atoms with Gasteiger partial charge in [-0.1, -0.05) is 80.1 Å². The first kappa shape index (κ1) is 41.8. The van der Waals surface area contributed by atoms with Gasteiger partial charge in [-0.25, -0.2) is 0 Å². The highest BCUT2D eigenvalue weighted by Gasteiger charge is 2.50. The Kier molecular flexibility index (Phi) is 24.0. The summed E-state index contributed by atoms with van der Waals surface area (Å²) in [5.74, 6) is 0. The van der Waals surface area contributed by atoms with Gasteiger partial charge in [-0.05, 0) is 38.5 Å². The Morgan fingerprint density at radius 1 is 0.500 bits per heavy atom. The highest BCUT2D eigenvalue weighted by molar-refractivity contribution is 4.94. The van der Waals surface area contributed by atoms with Crippen LogP contribution in [0.1, 0.15) is 125 Å². The summed E-state index contributed by atoms with van der Waals surface area (Å²) in [6.07, 6.45) is 7.29. The number of aliphatic hydroxyl groups excluding tert-OH is 1. The van der Waals surface area contributed by atoms with E-state index in [1.165, 1.54) is 0 Å². The molecule has 0 saturated carbocycles. The molecule has 0 aromatic rings. The van der Waals surface area contributed by atoms with Gasteiger partial charge in [0.2, 0.25) is 0 Å². The Morgan fingerprint density at radius 2 is 0.935 bits per heavy atom. The van der Waals surface area contributed by atoms with Crippen LogP contribution in [0.4, 0.5) is 0 Å². The van der Waals surface area contributed by atoms with E-state index in [1.54, 1.807) is 0 Å². The van der Waals surface area contributed by atoms with Crippen molar-refractivity contribution < 1.29 is 47.7 Å². The summed E-state index contributed by atoms with van der Waals surface area (Å²) in [6.45, 7) is 17.1. The monoisotopic (exact) mass is 662 g/mol. The maximum absolute atomic E-state index is 11.2. The van der Waals surface area contributed by atoms with Gasteiger partial charge in [0.15, 0.2) is 12.6 Å². The molecule has 2 heterocycles. The lowest BCUT2D eigenvalue weighted by Crippen LogP contribution is -2.63. The number of rotatable bonds is 28. The van der Waals surface area contributed by atoms with Crippen molar-refractivity contribution in [1.29, 1.82) is 0 Å². The summed E-state index contributed by atoms with van der Waals surface area (Å²) in [5, 5.41) is 11.2. The highest BCUT2D eigenvalue weighted by atomic mass is 16.7. The summed E-state index contributed by atoms with van der Waals surface area (Å²) in [6, 6.07) is 0. The van der Waals surface area contributed by atoms with E-state index >= 15 is 0 Å². The van der Waals surface area contributed by atoms with Crippen LogP contribution in [0.3, 0.4) is 0 Å². The van der Waals surface area contributed by atoms with Gasteiger partial charge in [0.05, 0.1) is 19.3 Å². The third-order valence-corrected chi connectivity index (χ3v) is 8.51. The molecule has 2 aliphatic rings. The molecule has 9 atom stereocenters. The summed E-state index contributed by atoms with van der Waals surface area (Å²) in [7, 11) is 0. The zero-order valence-electron chi connectivity index (χ0n) is 30.2. The molecule has 10 heteroatoms. The fraction of sp³-hybridized carbons (Fsp3) is 1.00. The fourth-order valence-corrected chi connectivity index (χ4v) is 5.59. The number of ether oxygens (including phenoxy) is 9. The predicted octanol–water partition coefficient (Wildman–Crippen LogP) is 6.58. The zero-order chi connectivity index (χ0) is 33.4. The maximum atomic E-state index is 11.2. The quantitative estimate of drug-likeness (QED) is 0.0925. The van der Waals surface area contributed by atoms with Crippen molar-refractivity contribution in [2.24, 2.45) is 0 Å². The van der Waals surface area contributed by atoms with Gasteiger partial charge < -0.3 is 47.7 Å². The number of hydrogen-bond acceptors (Lipinski definition) is 10. The molecule has 274 valence electrons. The Labute approximate surface area is 280 Å². The van der Waals surface area contributed by atoms with Gasteiger partial charge in [0.1, 0.15) is 36.6 Å². The molecule has 0 spiro atoms. The summed E-state index contributed by atoms with van der Waals surface area (Å²) in [5.41, 5.74) is 0. The van der Waals surface area contributed by atoms with E-state index in [1.807, 2.05) is 0 Å². The molecule has 2 aliphatic heterocycles. The number of hydrogen-bond donors (Lipinski definition) is 1. The molecular weight excluding hydrogens is 592 g/mol. The second kappa shape index (κ2) is 26.5. The van der Waals surface area contributed by atoms with E-state index in [2.05, 4.69) is 41.5 Å². The molecule has 0 aliphatic carbocycles.